The van der Waals surface area contributed by atoms with Crippen LogP contribution in [-0.2, 0) is 0 Å². The molecule has 0 bridgehead atoms. The number of anilines is 2. The topological polar surface area (TPSA) is 29.3 Å². The van der Waals surface area contributed by atoms with Crippen LogP contribution in [0.4, 0.5) is 11.4 Å². The van der Waals surface area contributed by atoms with Gasteiger partial charge in [0.1, 0.15) is 6.04 Å². The number of hydrogen-bond donors (Lipinski definition) is 1. The predicted octanol–water partition coefficient (Wildman–Crippen LogP) is 3.63. The van der Waals surface area contributed by atoms with Crippen molar-refractivity contribution in [1.29, 1.82) is 0 Å². The van der Waals surface area contributed by atoms with Gasteiger partial charge in [-0.2, -0.15) is 0 Å². The molecule has 3 nitrogen and oxygen atoms in total. The number of benzene rings is 1. The molecule has 2 rings (SSSR count). The van der Waals surface area contributed by atoms with Crippen molar-refractivity contribution in [3.05, 3.63) is 24.3 Å². The molecule has 0 radical (unpaired) electrons. The van der Waals surface area contributed by atoms with Gasteiger partial charge in [0.15, 0.2) is 0 Å². The SMILES string of the molecule is CCCCCCCCCCCCCC[N+](C)(C)C1CCN(c2ccc(N)cc2)C1.[Br-]. The normalized spacial score (nSPS) is 16.6. The molecular formula is C26H48BrN3. The Bertz CT molecular complexity index is 544. The van der Waals surface area contributed by atoms with Crippen molar-refractivity contribution < 1.29 is 21.5 Å². The van der Waals surface area contributed by atoms with Gasteiger partial charge in [-0.25, -0.2) is 0 Å². The average Bonchev–Trinajstić information content (AvgIpc) is 3.20. The van der Waals surface area contributed by atoms with E-state index in [-0.39, 0.29) is 17.0 Å². The molecule has 4 heteroatoms. The zero-order valence-corrected chi connectivity index (χ0v) is 21.6. The average molecular weight is 483 g/mol. The van der Waals surface area contributed by atoms with Crippen LogP contribution in [-0.4, -0.2) is 44.3 Å². The first-order valence-electron chi connectivity index (χ1n) is 12.5. The Morgan fingerprint density at radius 1 is 0.833 bits per heavy atom. The number of unbranched alkanes of at least 4 members (excludes halogenated alkanes) is 11. The van der Waals surface area contributed by atoms with Crippen LogP contribution in [0.5, 0.6) is 0 Å². The van der Waals surface area contributed by atoms with Gasteiger partial charge in [0.25, 0.3) is 0 Å². The van der Waals surface area contributed by atoms with E-state index in [2.05, 4.69) is 38.1 Å². The van der Waals surface area contributed by atoms with Gasteiger partial charge in [0, 0.05) is 24.3 Å². The lowest BCUT2D eigenvalue weighted by Crippen LogP contribution is -3.00. The van der Waals surface area contributed by atoms with Crippen molar-refractivity contribution in [3.63, 3.8) is 0 Å². The number of nitrogen functional groups attached to an aromatic ring is 1. The van der Waals surface area contributed by atoms with E-state index in [1.807, 2.05) is 12.1 Å². The quantitative estimate of drug-likeness (QED) is 0.235. The molecule has 1 aliphatic rings. The van der Waals surface area contributed by atoms with Crippen LogP contribution in [0.2, 0.25) is 0 Å². The molecule has 0 saturated carbocycles. The molecule has 1 heterocycles. The van der Waals surface area contributed by atoms with Crippen LogP contribution in [0, 0.1) is 0 Å². The standard InChI is InChI=1S/C26H48N3.BrH/c1-4-5-6-7-8-9-10-11-12-13-14-15-22-29(2,3)26-20-21-28(23-26)25-18-16-24(27)17-19-25;/h16-19,26H,4-15,20-23,27H2,1-3H3;1H/q+1;/p-1. The van der Waals surface area contributed by atoms with Crippen LogP contribution in [0.15, 0.2) is 24.3 Å². The largest absolute Gasteiger partial charge is 1.00 e. The molecule has 1 aliphatic heterocycles. The lowest BCUT2D eigenvalue weighted by molar-refractivity contribution is -0.912. The molecule has 1 atom stereocenters. The number of nitrogens with two attached hydrogens (primary N) is 1. The van der Waals surface area contributed by atoms with Gasteiger partial charge in [0.05, 0.1) is 27.2 Å². The third-order valence-corrected chi connectivity index (χ3v) is 7.00. The van der Waals surface area contributed by atoms with Crippen LogP contribution >= 0.6 is 0 Å². The summed E-state index contributed by atoms with van der Waals surface area (Å²) in [7, 11) is 4.88. The van der Waals surface area contributed by atoms with Crippen molar-refractivity contribution >= 4 is 11.4 Å². The molecule has 1 aromatic rings. The summed E-state index contributed by atoms with van der Waals surface area (Å²) in [6.45, 7) is 5.96. The van der Waals surface area contributed by atoms with Crippen LogP contribution in [0.1, 0.15) is 90.4 Å². The number of likely N-dealkylation sites (N-methyl/N-ethyl adjacent to an activating group) is 1. The maximum Gasteiger partial charge on any atom is 0.108 e. The molecule has 1 aromatic carbocycles. The molecule has 0 spiro atoms. The number of rotatable bonds is 15. The van der Waals surface area contributed by atoms with Gasteiger partial charge in [-0.1, -0.05) is 71.1 Å². The van der Waals surface area contributed by atoms with Gasteiger partial charge < -0.3 is 32.1 Å². The van der Waals surface area contributed by atoms with Crippen LogP contribution in [0.3, 0.4) is 0 Å². The van der Waals surface area contributed by atoms with Crippen molar-refractivity contribution in [2.45, 2.75) is 96.4 Å². The van der Waals surface area contributed by atoms with Gasteiger partial charge in [-0.3, -0.25) is 0 Å². The predicted molar refractivity (Wildman–Crippen MR) is 130 cm³/mol. The summed E-state index contributed by atoms with van der Waals surface area (Å²) in [5.41, 5.74) is 8.02. The maximum absolute atomic E-state index is 5.84. The summed E-state index contributed by atoms with van der Waals surface area (Å²) < 4.78 is 1.17. The lowest BCUT2D eigenvalue weighted by atomic mass is 10.0. The van der Waals surface area contributed by atoms with E-state index in [9.17, 15) is 0 Å². The van der Waals surface area contributed by atoms with Gasteiger partial charge in [-0.15, -0.1) is 0 Å². The highest BCUT2D eigenvalue weighted by Gasteiger charge is 2.34. The Morgan fingerprint density at radius 3 is 1.87 bits per heavy atom. The van der Waals surface area contributed by atoms with Crippen LogP contribution < -0.4 is 27.6 Å². The van der Waals surface area contributed by atoms with E-state index in [1.54, 1.807) is 0 Å². The highest BCUT2D eigenvalue weighted by Crippen LogP contribution is 2.26. The summed E-state index contributed by atoms with van der Waals surface area (Å²) in [6, 6.07) is 9.14. The van der Waals surface area contributed by atoms with Crippen molar-refractivity contribution in [2.24, 2.45) is 0 Å². The minimum absolute atomic E-state index is 0. The van der Waals surface area contributed by atoms with Crippen LogP contribution in [0.25, 0.3) is 0 Å². The molecule has 1 fully saturated rings. The van der Waals surface area contributed by atoms with Gasteiger partial charge in [0.2, 0.25) is 0 Å². The fourth-order valence-corrected chi connectivity index (χ4v) is 4.77. The molecule has 2 N–H and O–H groups in total. The molecule has 30 heavy (non-hydrogen) atoms. The third-order valence-electron chi connectivity index (χ3n) is 7.00. The lowest BCUT2D eigenvalue weighted by Gasteiger charge is -2.36. The first-order valence-corrected chi connectivity index (χ1v) is 12.5. The second-order valence-electron chi connectivity index (χ2n) is 9.87. The van der Waals surface area contributed by atoms with E-state index in [1.165, 1.54) is 113 Å². The Balaban J connectivity index is 0.00000450. The minimum atomic E-state index is 0. The summed E-state index contributed by atoms with van der Waals surface area (Å²) in [4.78, 5) is 2.53. The van der Waals surface area contributed by atoms with Gasteiger partial charge in [-0.05, 0) is 37.1 Å². The summed E-state index contributed by atoms with van der Waals surface area (Å²) in [6.07, 6.45) is 18.5. The summed E-state index contributed by atoms with van der Waals surface area (Å²) >= 11 is 0. The zero-order chi connectivity index (χ0) is 21.0. The first kappa shape index (κ1) is 27.3. The maximum atomic E-state index is 5.84. The summed E-state index contributed by atoms with van der Waals surface area (Å²) in [5.74, 6) is 0. The first-order chi connectivity index (χ1) is 14.0. The number of halogens is 1. The minimum Gasteiger partial charge on any atom is -1.00 e. The Labute approximate surface area is 197 Å². The van der Waals surface area contributed by atoms with E-state index >= 15 is 0 Å². The smallest absolute Gasteiger partial charge is 0.108 e. The molecule has 0 amide bonds. The fourth-order valence-electron chi connectivity index (χ4n) is 4.77. The zero-order valence-electron chi connectivity index (χ0n) is 20.1. The summed E-state index contributed by atoms with van der Waals surface area (Å²) in [5, 5.41) is 0. The number of hydrogen-bond acceptors (Lipinski definition) is 2. The molecular weight excluding hydrogens is 434 g/mol. The third kappa shape index (κ3) is 10.0. The Morgan fingerprint density at radius 2 is 1.33 bits per heavy atom. The van der Waals surface area contributed by atoms with E-state index in [4.69, 9.17) is 5.73 Å². The van der Waals surface area contributed by atoms with Crippen molar-refractivity contribution in [2.75, 3.05) is 44.4 Å². The highest BCUT2D eigenvalue weighted by molar-refractivity contribution is 5.53. The molecule has 1 saturated heterocycles. The monoisotopic (exact) mass is 481 g/mol. The van der Waals surface area contributed by atoms with E-state index in [0.29, 0.717) is 0 Å². The molecule has 1 unspecified atom stereocenters. The molecule has 0 aliphatic carbocycles. The molecule has 174 valence electrons. The van der Waals surface area contributed by atoms with Crippen molar-refractivity contribution in [3.8, 4) is 0 Å². The van der Waals surface area contributed by atoms with E-state index in [0.717, 1.165) is 11.7 Å². The number of quaternary nitrogens is 1. The highest BCUT2D eigenvalue weighted by atomic mass is 79.9. The second-order valence-corrected chi connectivity index (χ2v) is 9.87. The van der Waals surface area contributed by atoms with Gasteiger partial charge >= 0.3 is 0 Å². The molecule has 0 aromatic heterocycles. The second kappa shape index (κ2) is 15.1. The Kier molecular flexibility index (Phi) is 13.8. The Hall–Kier alpha value is -0.740. The van der Waals surface area contributed by atoms with Crippen molar-refractivity contribution in [1.82, 2.24) is 0 Å². The van der Waals surface area contributed by atoms with E-state index < -0.39 is 0 Å². The number of nitrogens with zero attached hydrogens (tertiary/aromatic N) is 2. The fraction of sp³-hybridized carbons (Fsp3) is 0.769.